The molecule has 1 fully saturated rings. The van der Waals surface area contributed by atoms with Gasteiger partial charge in [0.2, 0.25) is 5.95 Å². The quantitative estimate of drug-likeness (QED) is 0.451. The van der Waals surface area contributed by atoms with Crippen molar-refractivity contribution in [1.82, 2.24) is 14.9 Å². The number of anilines is 2. The Morgan fingerprint density at radius 3 is 2.11 bits per heavy atom. The fourth-order valence-corrected chi connectivity index (χ4v) is 5.78. The van der Waals surface area contributed by atoms with Crippen molar-refractivity contribution in [2.24, 2.45) is 0 Å². The molecule has 0 radical (unpaired) electrons. The molecule has 36 heavy (non-hydrogen) atoms. The maximum Gasteiger partial charge on any atom is 0.264 e. The van der Waals surface area contributed by atoms with Crippen molar-refractivity contribution in [3.8, 4) is 5.75 Å². The molecule has 4 rings (SSSR count). The molecule has 1 amide bonds. The standard InChI is InChI=1S/C23H25N5O6S2/c1-34-21-11-10-19(16-20(21)22(29)28-14-3-2-4-15-28)36(32,33)26-17-6-8-18(9-7-17)35(30,31)27-23-24-12-5-13-25-23/h5-13,16,26H,2-4,14-15H2,1H3,(H,24,25,27). The Morgan fingerprint density at radius 1 is 0.861 bits per heavy atom. The third-order valence-electron chi connectivity index (χ3n) is 5.56. The SMILES string of the molecule is COc1ccc(S(=O)(=O)Nc2ccc(S(=O)(=O)Nc3ncccn3)cc2)cc1C(=O)N1CCCCC1. The van der Waals surface area contributed by atoms with E-state index in [0.717, 1.165) is 19.3 Å². The van der Waals surface area contributed by atoms with Crippen molar-refractivity contribution in [3.05, 3.63) is 66.5 Å². The summed E-state index contributed by atoms with van der Waals surface area (Å²) in [6.45, 7) is 1.22. The first-order chi connectivity index (χ1) is 17.2. The zero-order valence-electron chi connectivity index (χ0n) is 19.4. The average Bonchev–Trinajstić information content (AvgIpc) is 2.89. The van der Waals surface area contributed by atoms with Crippen LogP contribution in [-0.4, -0.2) is 57.8 Å². The van der Waals surface area contributed by atoms with Gasteiger partial charge in [-0.1, -0.05) is 0 Å². The minimum absolute atomic E-state index is 0.0864. The van der Waals surface area contributed by atoms with Crippen LogP contribution in [0.3, 0.4) is 0 Å². The zero-order chi connectivity index (χ0) is 25.8. The van der Waals surface area contributed by atoms with E-state index in [1.807, 2.05) is 0 Å². The number of piperidine rings is 1. The van der Waals surface area contributed by atoms with Crippen LogP contribution in [0.2, 0.25) is 0 Å². The zero-order valence-corrected chi connectivity index (χ0v) is 21.0. The Morgan fingerprint density at radius 2 is 1.47 bits per heavy atom. The number of sulfonamides is 2. The summed E-state index contributed by atoms with van der Waals surface area (Å²) >= 11 is 0. The highest BCUT2D eigenvalue weighted by Gasteiger charge is 2.25. The number of benzene rings is 2. The smallest absolute Gasteiger partial charge is 0.264 e. The van der Waals surface area contributed by atoms with Crippen LogP contribution in [0.1, 0.15) is 29.6 Å². The van der Waals surface area contributed by atoms with Gasteiger partial charge in [-0.3, -0.25) is 9.52 Å². The van der Waals surface area contributed by atoms with Gasteiger partial charge in [-0.2, -0.15) is 0 Å². The second-order valence-electron chi connectivity index (χ2n) is 8.02. The molecular formula is C23H25N5O6S2. The van der Waals surface area contributed by atoms with Crippen molar-refractivity contribution < 1.29 is 26.4 Å². The highest BCUT2D eigenvalue weighted by Crippen LogP contribution is 2.27. The number of amides is 1. The van der Waals surface area contributed by atoms with Crippen molar-refractivity contribution in [2.75, 3.05) is 29.6 Å². The summed E-state index contributed by atoms with van der Waals surface area (Å²) in [5.41, 5.74) is 0.308. The van der Waals surface area contributed by atoms with Crippen LogP contribution in [0.25, 0.3) is 0 Å². The molecule has 2 heterocycles. The van der Waals surface area contributed by atoms with E-state index in [2.05, 4.69) is 19.4 Å². The van der Waals surface area contributed by atoms with Crippen LogP contribution in [0, 0.1) is 0 Å². The van der Waals surface area contributed by atoms with E-state index in [1.54, 1.807) is 11.0 Å². The van der Waals surface area contributed by atoms with Crippen molar-refractivity contribution in [2.45, 2.75) is 29.1 Å². The largest absolute Gasteiger partial charge is 0.496 e. The summed E-state index contributed by atoms with van der Waals surface area (Å²) in [6.07, 6.45) is 5.64. The van der Waals surface area contributed by atoms with E-state index >= 15 is 0 Å². The number of carbonyl (C=O) groups excluding carboxylic acids is 1. The summed E-state index contributed by atoms with van der Waals surface area (Å²) in [5.74, 6) is -0.0845. The number of nitrogens with zero attached hydrogens (tertiary/aromatic N) is 3. The molecule has 0 bridgehead atoms. The number of hydrogen-bond acceptors (Lipinski definition) is 8. The van der Waals surface area contributed by atoms with Crippen LogP contribution in [0.4, 0.5) is 11.6 Å². The number of methoxy groups -OCH3 is 1. The molecule has 0 atom stereocenters. The number of aromatic nitrogens is 2. The number of likely N-dealkylation sites (tertiary alicyclic amines) is 1. The lowest BCUT2D eigenvalue weighted by Crippen LogP contribution is -2.35. The van der Waals surface area contributed by atoms with Crippen LogP contribution >= 0.6 is 0 Å². The van der Waals surface area contributed by atoms with Gasteiger partial charge in [-0.05, 0) is 67.8 Å². The minimum Gasteiger partial charge on any atom is -0.496 e. The van der Waals surface area contributed by atoms with E-state index in [4.69, 9.17) is 4.74 Å². The van der Waals surface area contributed by atoms with E-state index in [1.165, 1.54) is 62.0 Å². The van der Waals surface area contributed by atoms with Gasteiger partial charge >= 0.3 is 0 Å². The number of carbonyl (C=O) groups is 1. The van der Waals surface area contributed by atoms with Gasteiger partial charge in [0.15, 0.2) is 0 Å². The first kappa shape index (κ1) is 25.4. The Kier molecular flexibility index (Phi) is 7.40. The first-order valence-electron chi connectivity index (χ1n) is 11.1. The van der Waals surface area contributed by atoms with E-state index in [0.29, 0.717) is 13.1 Å². The molecule has 190 valence electrons. The predicted octanol–water partition coefficient (Wildman–Crippen LogP) is 2.71. The molecule has 2 aromatic carbocycles. The molecular weight excluding hydrogens is 506 g/mol. The summed E-state index contributed by atoms with van der Waals surface area (Å²) < 4.78 is 61.1. The fraction of sp³-hybridized carbons (Fsp3) is 0.261. The normalized spacial score (nSPS) is 14.2. The maximum atomic E-state index is 13.1. The molecule has 13 heteroatoms. The van der Waals surface area contributed by atoms with Gasteiger partial charge in [0.25, 0.3) is 26.0 Å². The minimum atomic E-state index is -4.08. The van der Waals surface area contributed by atoms with E-state index in [-0.39, 0.29) is 38.6 Å². The molecule has 0 aliphatic carbocycles. The van der Waals surface area contributed by atoms with Gasteiger partial charge in [0.05, 0.1) is 22.5 Å². The Labute approximate surface area is 209 Å². The lowest BCUT2D eigenvalue weighted by atomic mass is 10.1. The third kappa shape index (κ3) is 5.74. The second kappa shape index (κ2) is 10.5. The fourth-order valence-electron chi connectivity index (χ4n) is 3.74. The van der Waals surface area contributed by atoms with Crippen molar-refractivity contribution in [3.63, 3.8) is 0 Å². The van der Waals surface area contributed by atoms with Crippen LogP contribution < -0.4 is 14.2 Å². The first-order valence-corrected chi connectivity index (χ1v) is 14.1. The molecule has 1 aliphatic rings. The molecule has 0 spiro atoms. The van der Waals surface area contributed by atoms with Crippen molar-refractivity contribution >= 4 is 37.6 Å². The predicted molar refractivity (Wildman–Crippen MR) is 133 cm³/mol. The molecule has 1 saturated heterocycles. The molecule has 0 unspecified atom stereocenters. The molecule has 1 aromatic heterocycles. The van der Waals surface area contributed by atoms with Crippen LogP contribution in [0.15, 0.2) is 70.7 Å². The van der Waals surface area contributed by atoms with Crippen LogP contribution in [-0.2, 0) is 20.0 Å². The number of nitrogens with one attached hydrogen (secondary N) is 2. The van der Waals surface area contributed by atoms with Gasteiger partial charge in [-0.25, -0.2) is 31.5 Å². The third-order valence-corrected chi connectivity index (χ3v) is 8.29. The summed E-state index contributed by atoms with van der Waals surface area (Å²) in [4.78, 5) is 22.2. The summed E-state index contributed by atoms with van der Waals surface area (Å²) in [6, 6.07) is 10.8. The Balaban J connectivity index is 1.53. The molecule has 3 aromatic rings. The van der Waals surface area contributed by atoms with Gasteiger partial charge in [0.1, 0.15) is 5.75 Å². The lowest BCUT2D eigenvalue weighted by Gasteiger charge is -2.27. The number of ether oxygens (including phenoxy) is 1. The second-order valence-corrected chi connectivity index (χ2v) is 11.4. The van der Waals surface area contributed by atoms with E-state index < -0.39 is 20.0 Å². The highest BCUT2D eigenvalue weighted by molar-refractivity contribution is 7.93. The van der Waals surface area contributed by atoms with Gasteiger partial charge in [-0.15, -0.1) is 0 Å². The number of rotatable bonds is 8. The summed E-state index contributed by atoms with van der Waals surface area (Å²) in [7, 11) is -6.63. The number of hydrogen-bond donors (Lipinski definition) is 2. The Hall–Kier alpha value is -3.71. The van der Waals surface area contributed by atoms with E-state index in [9.17, 15) is 21.6 Å². The average molecular weight is 532 g/mol. The Bertz CT molecular complexity index is 1440. The lowest BCUT2D eigenvalue weighted by molar-refractivity contribution is 0.0720. The molecule has 2 N–H and O–H groups in total. The topological polar surface area (TPSA) is 148 Å². The molecule has 0 saturated carbocycles. The van der Waals surface area contributed by atoms with Crippen molar-refractivity contribution in [1.29, 1.82) is 0 Å². The maximum absolute atomic E-state index is 13.1. The monoisotopic (exact) mass is 531 g/mol. The summed E-state index contributed by atoms with van der Waals surface area (Å²) in [5, 5.41) is 0. The molecule has 11 nitrogen and oxygen atoms in total. The van der Waals surface area contributed by atoms with Gasteiger partial charge in [0, 0.05) is 31.2 Å². The van der Waals surface area contributed by atoms with Gasteiger partial charge < -0.3 is 9.64 Å². The molecule has 1 aliphatic heterocycles. The van der Waals surface area contributed by atoms with Crippen LogP contribution in [0.5, 0.6) is 5.75 Å². The highest BCUT2D eigenvalue weighted by atomic mass is 32.2.